The third-order valence-electron chi connectivity index (χ3n) is 2.44. The Balaban J connectivity index is 2.84. The fourth-order valence-electron chi connectivity index (χ4n) is 0.975. The first kappa shape index (κ1) is 15.3. The van der Waals surface area contributed by atoms with Gasteiger partial charge in [-0.1, -0.05) is 0 Å². The predicted molar refractivity (Wildman–Crippen MR) is 68.0 cm³/mol. The molecule has 0 aromatic carbocycles. The van der Waals surface area contributed by atoms with Crippen LogP contribution in [0.25, 0.3) is 0 Å². The molecule has 0 saturated carbocycles. The lowest BCUT2D eigenvalue weighted by molar-refractivity contribution is -0.125. The van der Waals surface area contributed by atoms with Gasteiger partial charge < -0.3 is 5.73 Å². The van der Waals surface area contributed by atoms with Crippen LogP contribution < -0.4 is 21.7 Å². The molecule has 0 fully saturated rings. The lowest BCUT2D eigenvalue weighted by Crippen LogP contribution is -2.42. The van der Waals surface area contributed by atoms with Crippen molar-refractivity contribution in [3.05, 3.63) is 12.4 Å². The third-order valence-corrected chi connectivity index (χ3v) is 3.79. The Kier molecular flexibility index (Phi) is 4.39. The number of nitrogens with two attached hydrogens (primary N) is 2. The highest BCUT2D eigenvalue weighted by atomic mass is 32.2. The lowest BCUT2D eigenvalue weighted by Gasteiger charge is -2.20. The summed E-state index contributed by atoms with van der Waals surface area (Å²) in [5, 5.41) is 0. The van der Waals surface area contributed by atoms with Crippen molar-refractivity contribution in [3.63, 3.8) is 0 Å². The van der Waals surface area contributed by atoms with Gasteiger partial charge in [0, 0.05) is 6.54 Å². The van der Waals surface area contributed by atoms with Gasteiger partial charge in [0.1, 0.15) is 4.90 Å². The average Bonchev–Trinajstić information content (AvgIpc) is 2.36. The van der Waals surface area contributed by atoms with Crippen molar-refractivity contribution in [2.24, 2.45) is 17.0 Å². The molecule has 1 amide bonds. The Morgan fingerprint density at radius 2 is 1.89 bits per heavy atom. The predicted octanol–water partition coefficient (Wildman–Crippen LogP) is -1.45. The Labute approximate surface area is 110 Å². The highest BCUT2D eigenvalue weighted by Gasteiger charge is 2.27. The lowest BCUT2D eigenvalue weighted by atomic mass is 9.93. The molecule has 1 aromatic rings. The molecule has 10 heteroatoms. The van der Waals surface area contributed by atoms with Gasteiger partial charge in [-0.05, 0) is 13.8 Å². The maximum absolute atomic E-state index is 11.9. The normalized spacial score (nSPS) is 12.2. The van der Waals surface area contributed by atoms with Crippen LogP contribution in [0.2, 0.25) is 0 Å². The van der Waals surface area contributed by atoms with Gasteiger partial charge in [-0.2, -0.15) is 0 Å². The number of amides is 1. The number of nitrogens with zero attached hydrogens (tertiary/aromatic N) is 2. The molecule has 6 N–H and O–H groups in total. The maximum Gasteiger partial charge on any atom is 0.243 e. The van der Waals surface area contributed by atoms with Gasteiger partial charge in [0.15, 0.2) is 0 Å². The Hall–Kier alpha value is -1.78. The van der Waals surface area contributed by atoms with Gasteiger partial charge in [-0.15, -0.1) is 0 Å². The van der Waals surface area contributed by atoms with Crippen LogP contribution in [0, 0.1) is 5.41 Å². The summed E-state index contributed by atoms with van der Waals surface area (Å²) in [6, 6.07) is 0. The molecule has 19 heavy (non-hydrogen) atoms. The Morgan fingerprint density at radius 1 is 1.37 bits per heavy atom. The van der Waals surface area contributed by atoms with Crippen molar-refractivity contribution in [1.82, 2.24) is 14.7 Å². The minimum Gasteiger partial charge on any atom is -0.369 e. The van der Waals surface area contributed by atoms with Crippen LogP contribution in [0.5, 0.6) is 0 Å². The van der Waals surface area contributed by atoms with Crippen molar-refractivity contribution in [1.29, 1.82) is 0 Å². The van der Waals surface area contributed by atoms with E-state index in [0.29, 0.717) is 0 Å². The van der Waals surface area contributed by atoms with E-state index in [1.165, 1.54) is 13.8 Å². The number of nitrogens with one attached hydrogen (secondary N) is 2. The van der Waals surface area contributed by atoms with Crippen molar-refractivity contribution in [2.75, 3.05) is 12.0 Å². The molecular weight excluding hydrogens is 272 g/mol. The first-order chi connectivity index (χ1) is 8.69. The first-order valence-corrected chi connectivity index (χ1v) is 6.75. The molecule has 106 valence electrons. The number of carbonyl (C=O) groups is 1. The van der Waals surface area contributed by atoms with Crippen LogP contribution in [0.4, 0.5) is 5.95 Å². The standard InChI is InChI=1S/C9H16N6O3S/c1-9(2,7(10)16)5-14-19(17,18)6-3-12-8(15-11)13-4-6/h3-4,14H,5,11H2,1-2H3,(H2,10,16)(H,12,13,15). The summed E-state index contributed by atoms with van der Waals surface area (Å²) < 4.78 is 26.1. The van der Waals surface area contributed by atoms with Gasteiger partial charge in [0.05, 0.1) is 17.8 Å². The van der Waals surface area contributed by atoms with Crippen LogP contribution >= 0.6 is 0 Å². The highest BCUT2D eigenvalue weighted by Crippen LogP contribution is 2.14. The second-order valence-electron chi connectivity index (χ2n) is 4.46. The number of carbonyl (C=O) groups excluding carboxylic acids is 1. The SMILES string of the molecule is CC(C)(CNS(=O)(=O)c1cnc(NN)nc1)C(N)=O. The fourth-order valence-corrected chi connectivity index (χ4v) is 2.08. The van der Waals surface area contributed by atoms with E-state index in [1.54, 1.807) is 0 Å². The number of hydrogen-bond acceptors (Lipinski definition) is 7. The van der Waals surface area contributed by atoms with Crippen molar-refractivity contribution in [2.45, 2.75) is 18.7 Å². The van der Waals surface area contributed by atoms with Gasteiger partial charge in [0.25, 0.3) is 0 Å². The molecule has 0 saturated heterocycles. The van der Waals surface area contributed by atoms with Crippen LogP contribution in [0.15, 0.2) is 17.3 Å². The number of anilines is 1. The Morgan fingerprint density at radius 3 is 2.32 bits per heavy atom. The molecule has 0 unspecified atom stereocenters. The molecule has 0 aliphatic heterocycles. The number of hydrazine groups is 1. The molecular formula is C9H16N6O3S. The van der Waals surface area contributed by atoms with Gasteiger partial charge in [-0.3, -0.25) is 10.2 Å². The van der Waals surface area contributed by atoms with Crippen molar-refractivity contribution < 1.29 is 13.2 Å². The second kappa shape index (κ2) is 5.47. The van der Waals surface area contributed by atoms with Crippen LogP contribution in [0.1, 0.15) is 13.8 Å². The number of rotatable bonds is 6. The second-order valence-corrected chi connectivity index (χ2v) is 6.23. The molecule has 1 rings (SSSR count). The van der Waals surface area contributed by atoms with E-state index in [2.05, 4.69) is 20.1 Å². The van der Waals surface area contributed by atoms with Crippen LogP contribution in [-0.4, -0.2) is 30.8 Å². The largest absolute Gasteiger partial charge is 0.369 e. The zero-order chi connectivity index (χ0) is 14.7. The van der Waals surface area contributed by atoms with E-state index < -0.39 is 21.3 Å². The number of sulfonamides is 1. The van der Waals surface area contributed by atoms with Crippen LogP contribution in [0.3, 0.4) is 0 Å². The summed E-state index contributed by atoms with van der Waals surface area (Å²) in [5.41, 5.74) is 6.34. The molecule has 0 bridgehead atoms. The fraction of sp³-hybridized carbons (Fsp3) is 0.444. The molecule has 1 aromatic heterocycles. The quantitative estimate of drug-likeness (QED) is 0.369. The number of primary amides is 1. The maximum atomic E-state index is 11.9. The highest BCUT2D eigenvalue weighted by molar-refractivity contribution is 7.89. The molecule has 0 spiro atoms. The third kappa shape index (κ3) is 3.84. The van der Waals surface area contributed by atoms with E-state index in [-0.39, 0.29) is 17.4 Å². The van der Waals surface area contributed by atoms with Gasteiger partial charge >= 0.3 is 0 Å². The zero-order valence-electron chi connectivity index (χ0n) is 10.5. The van der Waals surface area contributed by atoms with E-state index in [1.807, 2.05) is 0 Å². The molecule has 9 nitrogen and oxygen atoms in total. The van der Waals surface area contributed by atoms with E-state index >= 15 is 0 Å². The summed E-state index contributed by atoms with van der Waals surface area (Å²) in [5.74, 6) is 4.56. The van der Waals surface area contributed by atoms with E-state index in [0.717, 1.165) is 12.4 Å². The topological polar surface area (TPSA) is 153 Å². The monoisotopic (exact) mass is 288 g/mol. The minimum absolute atomic E-state index is 0.0939. The van der Waals surface area contributed by atoms with E-state index in [9.17, 15) is 13.2 Å². The van der Waals surface area contributed by atoms with Gasteiger partial charge in [0.2, 0.25) is 21.9 Å². The molecule has 0 radical (unpaired) electrons. The zero-order valence-corrected chi connectivity index (χ0v) is 11.4. The smallest absolute Gasteiger partial charge is 0.243 e. The van der Waals surface area contributed by atoms with Crippen molar-refractivity contribution in [3.8, 4) is 0 Å². The van der Waals surface area contributed by atoms with E-state index in [4.69, 9.17) is 11.6 Å². The molecule has 0 atom stereocenters. The number of aromatic nitrogens is 2. The van der Waals surface area contributed by atoms with Gasteiger partial charge in [-0.25, -0.2) is 29.0 Å². The Bertz CT molecular complexity index is 554. The van der Waals surface area contributed by atoms with Crippen LogP contribution in [-0.2, 0) is 14.8 Å². The minimum atomic E-state index is -3.80. The first-order valence-electron chi connectivity index (χ1n) is 5.27. The average molecular weight is 288 g/mol. The summed E-state index contributed by atoms with van der Waals surface area (Å²) in [6.45, 7) is 2.95. The van der Waals surface area contributed by atoms with Crippen molar-refractivity contribution >= 4 is 21.9 Å². The summed E-state index contributed by atoms with van der Waals surface area (Å²) >= 11 is 0. The summed E-state index contributed by atoms with van der Waals surface area (Å²) in [6.07, 6.45) is 2.20. The summed E-state index contributed by atoms with van der Waals surface area (Å²) in [7, 11) is -3.80. The molecule has 1 heterocycles. The molecule has 0 aliphatic rings. The number of nitrogen functional groups attached to an aromatic ring is 1. The number of hydrogen-bond donors (Lipinski definition) is 4. The molecule has 0 aliphatic carbocycles. The summed E-state index contributed by atoms with van der Waals surface area (Å²) in [4.78, 5) is 18.3.